The maximum absolute atomic E-state index is 16.1. The third kappa shape index (κ3) is 7.13. The smallest absolute Gasteiger partial charge is 0.323 e. The second-order valence-electron chi connectivity index (χ2n) is 12.0. The van der Waals surface area contributed by atoms with Gasteiger partial charge in [0.25, 0.3) is 0 Å². The molecular weight excluding hydrogens is 646 g/mol. The highest BCUT2D eigenvalue weighted by Crippen LogP contribution is 2.54. The summed E-state index contributed by atoms with van der Waals surface area (Å²) in [4.78, 5) is 32.3. The largest absolute Gasteiger partial charge is 0.481 e. The number of carbonyl (C=O) groups is 2. The summed E-state index contributed by atoms with van der Waals surface area (Å²) in [5.41, 5.74) is -0.293. The van der Waals surface area contributed by atoms with E-state index in [1.165, 1.54) is 33.2 Å². The SMILES string of the molecule is COc1nc(C2(Nc3nccc(CNC(C)(C)C(=O)O)c3F)C=CC=C(c3ccccc3)C2(Cl)Cl)ccc1CNCC1CCC(=O)N1. The van der Waals surface area contributed by atoms with Crippen LogP contribution in [0.3, 0.4) is 0 Å². The molecule has 5 N–H and O–H groups in total. The third-order valence-corrected chi connectivity index (χ3v) is 9.40. The Hall–Kier alpha value is -4.03. The third-order valence-electron chi connectivity index (χ3n) is 8.40. The maximum atomic E-state index is 16.1. The molecule has 2 atom stereocenters. The van der Waals surface area contributed by atoms with E-state index in [4.69, 9.17) is 32.9 Å². The highest BCUT2D eigenvalue weighted by Gasteiger charge is 2.55. The van der Waals surface area contributed by atoms with Crippen LogP contribution in [0.2, 0.25) is 0 Å². The Balaban J connectivity index is 1.53. The number of hydrogen-bond acceptors (Lipinski definition) is 8. The van der Waals surface area contributed by atoms with Gasteiger partial charge in [-0.2, -0.15) is 0 Å². The van der Waals surface area contributed by atoms with Gasteiger partial charge < -0.3 is 25.8 Å². The van der Waals surface area contributed by atoms with Gasteiger partial charge in [-0.3, -0.25) is 14.9 Å². The van der Waals surface area contributed by atoms with E-state index in [1.807, 2.05) is 36.4 Å². The second kappa shape index (κ2) is 14.0. The fraction of sp³-hybridized carbons (Fsp3) is 0.353. The van der Waals surface area contributed by atoms with Gasteiger partial charge in [-0.25, -0.2) is 14.4 Å². The van der Waals surface area contributed by atoms with Gasteiger partial charge in [0.15, 0.2) is 16.0 Å². The highest BCUT2D eigenvalue weighted by atomic mass is 35.5. The van der Waals surface area contributed by atoms with Crippen molar-refractivity contribution >= 4 is 46.5 Å². The van der Waals surface area contributed by atoms with Crippen LogP contribution in [0.5, 0.6) is 5.88 Å². The number of carboxylic acid groups (broad SMARTS) is 1. The number of nitrogens with zero attached hydrogens (tertiary/aromatic N) is 2. The molecule has 3 heterocycles. The van der Waals surface area contributed by atoms with E-state index in [1.54, 1.807) is 24.3 Å². The van der Waals surface area contributed by atoms with E-state index < -0.39 is 27.2 Å². The van der Waals surface area contributed by atoms with Gasteiger partial charge in [0.05, 0.1) is 12.8 Å². The van der Waals surface area contributed by atoms with Crippen LogP contribution in [0.25, 0.3) is 5.57 Å². The summed E-state index contributed by atoms with van der Waals surface area (Å²) in [5.74, 6) is -1.59. The molecule has 2 unspecified atom stereocenters. The minimum atomic E-state index is -1.75. The van der Waals surface area contributed by atoms with Gasteiger partial charge in [0, 0.05) is 49.4 Å². The molecule has 1 saturated heterocycles. The van der Waals surface area contributed by atoms with Crippen molar-refractivity contribution in [2.45, 2.75) is 61.2 Å². The number of aliphatic carboxylic acids is 1. The van der Waals surface area contributed by atoms with Gasteiger partial charge in [-0.05, 0) is 49.6 Å². The number of pyridine rings is 2. The molecule has 1 fully saturated rings. The minimum Gasteiger partial charge on any atom is -0.481 e. The molecule has 1 aromatic carbocycles. The van der Waals surface area contributed by atoms with Gasteiger partial charge >= 0.3 is 5.97 Å². The number of aromatic nitrogens is 2. The molecule has 2 aromatic heterocycles. The summed E-state index contributed by atoms with van der Waals surface area (Å²) in [6.45, 7) is 3.91. The fourth-order valence-electron chi connectivity index (χ4n) is 5.53. The highest BCUT2D eigenvalue weighted by molar-refractivity contribution is 6.55. The molecule has 1 aliphatic carbocycles. The molecule has 0 radical (unpaired) electrons. The van der Waals surface area contributed by atoms with Crippen LogP contribution < -0.4 is 26.0 Å². The molecular formula is C34H37Cl2FN6O4. The van der Waals surface area contributed by atoms with Crippen molar-refractivity contribution in [1.29, 1.82) is 0 Å². The summed E-state index contributed by atoms with van der Waals surface area (Å²) >= 11 is 14.7. The molecule has 10 nitrogen and oxygen atoms in total. The van der Waals surface area contributed by atoms with Gasteiger partial charge in [-0.1, -0.05) is 71.8 Å². The Bertz CT molecular complexity index is 1700. The summed E-state index contributed by atoms with van der Waals surface area (Å²) in [6.07, 6.45) is 7.99. The molecule has 0 saturated carbocycles. The molecule has 248 valence electrons. The lowest BCUT2D eigenvalue weighted by Gasteiger charge is -2.44. The summed E-state index contributed by atoms with van der Waals surface area (Å²) in [7, 11) is 1.50. The van der Waals surface area contributed by atoms with Crippen LogP contribution in [0, 0.1) is 5.82 Å². The number of rotatable bonds is 13. The number of anilines is 1. The molecule has 13 heteroatoms. The predicted octanol–water partition coefficient (Wildman–Crippen LogP) is 5.08. The lowest BCUT2D eigenvalue weighted by molar-refractivity contribution is -0.143. The van der Waals surface area contributed by atoms with Crippen molar-refractivity contribution in [1.82, 2.24) is 25.9 Å². The topological polar surface area (TPSA) is 138 Å². The first-order valence-corrected chi connectivity index (χ1v) is 15.9. The first-order valence-electron chi connectivity index (χ1n) is 15.2. The van der Waals surface area contributed by atoms with Gasteiger partial charge in [0.1, 0.15) is 11.1 Å². The van der Waals surface area contributed by atoms with Crippen molar-refractivity contribution in [3.63, 3.8) is 0 Å². The van der Waals surface area contributed by atoms with Crippen LogP contribution in [0.4, 0.5) is 10.2 Å². The quantitative estimate of drug-likeness (QED) is 0.156. The number of ether oxygens (including phenoxy) is 1. The van der Waals surface area contributed by atoms with Crippen molar-refractivity contribution in [2.75, 3.05) is 19.0 Å². The number of allylic oxidation sites excluding steroid dienone is 2. The number of amides is 1. The lowest BCUT2D eigenvalue weighted by atomic mass is 9.79. The Morgan fingerprint density at radius 3 is 2.60 bits per heavy atom. The van der Waals surface area contributed by atoms with Crippen LogP contribution in [-0.2, 0) is 28.2 Å². The number of halogens is 3. The monoisotopic (exact) mass is 682 g/mol. The number of carbonyl (C=O) groups excluding carboxylic acids is 1. The zero-order valence-electron chi connectivity index (χ0n) is 26.2. The molecule has 47 heavy (non-hydrogen) atoms. The number of hydrogen-bond donors (Lipinski definition) is 5. The van der Waals surface area contributed by atoms with Crippen LogP contribution in [0.1, 0.15) is 49.1 Å². The standard InChI is InChI=1S/C34H37Cl2FN6O4/c1-32(2,31(45)46)40-19-22-15-17-39-29(28(22)37)43-33(16-7-10-25(34(33,35)36)21-8-5-4-6-9-21)26-13-11-23(30(42-26)47-3)18-38-20-24-12-14-27(44)41-24/h4-11,13,15-17,24,38,40H,12,14,18-20H2,1-3H3,(H,39,43)(H,41,44)(H,45,46). The fourth-order valence-corrected chi connectivity index (χ4v) is 6.29. The maximum Gasteiger partial charge on any atom is 0.323 e. The number of nitrogens with one attached hydrogen (secondary N) is 4. The Morgan fingerprint density at radius 1 is 1.15 bits per heavy atom. The minimum absolute atomic E-state index is 0.0464. The molecule has 1 amide bonds. The second-order valence-corrected chi connectivity index (χ2v) is 13.4. The van der Waals surface area contributed by atoms with Crippen molar-refractivity contribution < 1.29 is 23.8 Å². The van der Waals surface area contributed by atoms with Crippen molar-refractivity contribution in [3.8, 4) is 5.88 Å². The number of carboxylic acids is 1. The average molecular weight is 684 g/mol. The summed E-state index contributed by atoms with van der Waals surface area (Å²) in [6, 6.07) is 14.5. The summed E-state index contributed by atoms with van der Waals surface area (Å²) < 4.78 is 20.1. The zero-order chi connectivity index (χ0) is 33.8. The summed E-state index contributed by atoms with van der Waals surface area (Å²) in [5, 5.41) is 21.8. The Morgan fingerprint density at radius 2 is 1.91 bits per heavy atom. The number of benzene rings is 1. The van der Waals surface area contributed by atoms with Crippen molar-refractivity contribution in [2.24, 2.45) is 0 Å². The Kier molecular flexibility index (Phi) is 10.2. The average Bonchev–Trinajstić information content (AvgIpc) is 3.47. The first-order chi connectivity index (χ1) is 22.4. The Labute approximate surface area is 282 Å². The normalized spacial score (nSPS) is 20.4. The van der Waals surface area contributed by atoms with Crippen LogP contribution in [0.15, 0.2) is 73.0 Å². The van der Waals surface area contributed by atoms with E-state index >= 15 is 4.39 Å². The van der Waals surface area contributed by atoms with E-state index in [9.17, 15) is 14.7 Å². The van der Waals surface area contributed by atoms with Gasteiger partial charge in [0.2, 0.25) is 11.8 Å². The molecule has 5 rings (SSSR count). The molecule has 2 aliphatic rings. The zero-order valence-corrected chi connectivity index (χ0v) is 27.8. The lowest BCUT2D eigenvalue weighted by Crippen LogP contribution is -2.51. The molecule has 0 spiro atoms. The van der Waals surface area contributed by atoms with Gasteiger partial charge in [-0.15, -0.1) is 0 Å². The molecule has 1 aliphatic heterocycles. The van der Waals surface area contributed by atoms with E-state index in [0.717, 1.165) is 17.5 Å². The van der Waals surface area contributed by atoms with Crippen LogP contribution >= 0.6 is 23.2 Å². The predicted molar refractivity (Wildman–Crippen MR) is 180 cm³/mol. The van der Waals surface area contributed by atoms with E-state index in [0.29, 0.717) is 36.7 Å². The number of alkyl halides is 2. The molecule has 0 bridgehead atoms. The first kappa shape index (κ1) is 34.3. The van der Waals surface area contributed by atoms with E-state index in [-0.39, 0.29) is 29.9 Å². The number of methoxy groups -OCH3 is 1. The van der Waals surface area contributed by atoms with E-state index in [2.05, 4.69) is 26.3 Å². The molecule has 3 aromatic rings. The van der Waals surface area contributed by atoms with Crippen LogP contribution in [-0.4, -0.2) is 56.5 Å². The van der Waals surface area contributed by atoms with Crippen molar-refractivity contribution in [3.05, 3.63) is 101 Å².